The number of hydrazone groups is 1. The molecule has 1 atom stereocenters. The lowest BCUT2D eigenvalue weighted by Gasteiger charge is -2.18. The van der Waals surface area contributed by atoms with Crippen molar-refractivity contribution in [2.45, 2.75) is 25.8 Å². The zero-order chi connectivity index (χ0) is 13.9. The van der Waals surface area contributed by atoms with Gasteiger partial charge in [-0.1, -0.05) is 37.3 Å². The summed E-state index contributed by atoms with van der Waals surface area (Å²) in [7, 11) is 0. The lowest BCUT2D eigenvalue weighted by molar-refractivity contribution is 0.0677. The Balaban J connectivity index is 1.83. The predicted molar refractivity (Wildman–Crippen MR) is 77.5 cm³/mol. The molecule has 2 aromatic rings. The van der Waals surface area contributed by atoms with Crippen molar-refractivity contribution in [3.63, 3.8) is 0 Å². The molecule has 3 rings (SSSR count). The van der Waals surface area contributed by atoms with Crippen LogP contribution in [0.3, 0.4) is 0 Å². The number of hydrogen-bond donors (Lipinski definition) is 0. The second kappa shape index (κ2) is 5.33. The lowest BCUT2D eigenvalue weighted by atomic mass is 10.1. The van der Waals surface area contributed by atoms with Crippen molar-refractivity contribution >= 4 is 12.1 Å². The van der Waals surface area contributed by atoms with Gasteiger partial charge in [-0.25, -0.2) is 5.01 Å². The Morgan fingerprint density at radius 2 is 2.10 bits per heavy atom. The van der Waals surface area contributed by atoms with Crippen LogP contribution >= 0.6 is 0 Å². The Hall–Kier alpha value is -2.36. The highest BCUT2D eigenvalue weighted by molar-refractivity contribution is 5.93. The zero-order valence-corrected chi connectivity index (χ0v) is 11.3. The largest absolute Gasteiger partial charge is 0.451 e. The van der Waals surface area contributed by atoms with Crippen molar-refractivity contribution in [2.75, 3.05) is 0 Å². The van der Waals surface area contributed by atoms with Gasteiger partial charge in [0.05, 0.1) is 6.04 Å². The first-order valence-corrected chi connectivity index (χ1v) is 6.81. The highest BCUT2D eigenvalue weighted by Gasteiger charge is 2.28. The molecule has 0 radical (unpaired) electrons. The van der Waals surface area contributed by atoms with Gasteiger partial charge in [0.2, 0.25) is 0 Å². The van der Waals surface area contributed by atoms with E-state index in [0.29, 0.717) is 11.5 Å². The number of nitrogens with zero attached hydrogens (tertiary/aromatic N) is 2. The summed E-state index contributed by atoms with van der Waals surface area (Å²) in [4.78, 5) is 12.4. The van der Waals surface area contributed by atoms with E-state index in [1.165, 1.54) is 5.01 Å². The van der Waals surface area contributed by atoms with Crippen LogP contribution in [0.15, 0.2) is 52.0 Å². The maximum absolute atomic E-state index is 12.4. The van der Waals surface area contributed by atoms with Gasteiger partial charge in [-0.3, -0.25) is 4.79 Å². The SMILES string of the molecule is CCC1CC=NN1C(=O)c1ccc(-c2ccccc2)o1. The van der Waals surface area contributed by atoms with Crippen molar-refractivity contribution in [1.29, 1.82) is 0 Å². The minimum atomic E-state index is -0.173. The van der Waals surface area contributed by atoms with Crippen molar-refractivity contribution in [3.8, 4) is 11.3 Å². The molecule has 20 heavy (non-hydrogen) atoms. The van der Waals surface area contributed by atoms with E-state index in [9.17, 15) is 4.79 Å². The van der Waals surface area contributed by atoms with Gasteiger partial charge in [-0.2, -0.15) is 5.10 Å². The van der Waals surface area contributed by atoms with Crippen molar-refractivity contribution < 1.29 is 9.21 Å². The molecule has 0 saturated heterocycles. The average molecular weight is 268 g/mol. The van der Waals surface area contributed by atoms with Gasteiger partial charge in [-0.15, -0.1) is 0 Å². The average Bonchev–Trinajstić information content (AvgIpc) is 3.16. The van der Waals surface area contributed by atoms with Crippen LogP contribution in [0.1, 0.15) is 30.3 Å². The van der Waals surface area contributed by atoms with E-state index in [1.54, 1.807) is 12.3 Å². The molecule has 0 N–H and O–H groups in total. The van der Waals surface area contributed by atoms with Gasteiger partial charge in [0.1, 0.15) is 5.76 Å². The highest BCUT2D eigenvalue weighted by atomic mass is 16.4. The Labute approximate surface area is 117 Å². The standard InChI is InChI=1S/C16H16N2O2/c1-2-13-10-11-17-18(13)16(19)15-9-8-14(20-15)12-6-4-3-5-7-12/h3-9,11,13H,2,10H2,1H3. The fraction of sp³-hybridized carbons (Fsp3) is 0.250. The van der Waals surface area contributed by atoms with Gasteiger partial charge >= 0.3 is 5.91 Å². The number of hydrogen-bond acceptors (Lipinski definition) is 3. The van der Waals surface area contributed by atoms with Gasteiger partial charge in [0, 0.05) is 18.2 Å². The van der Waals surface area contributed by atoms with Gasteiger partial charge < -0.3 is 4.42 Å². The van der Waals surface area contributed by atoms with E-state index < -0.39 is 0 Å². The summed E-state index contributed by atoms with van der Waals surface area (Å²) in [6, 6.07) is 13.4. The molecule has 0 saturated carbocycles. The van der Waals surface area contributed by atoms with Crippen LogP contribution < -0.4 is 0 Å². The van der Waals surface area contributed by atoms with Crippen LogP contribution in [0.4, 0.5) is 0 Å². The molecule has 102 valence electrons. The third kappa shape index (κ3) is 2.25. The van der Waals surface area contributed by atoms with Crippen molar-refractivity contribution in [3.05, 3.63) is 48.2 Å². The molecule has 2 heterocycles. The Bertz CT molecular complexity index is 631. The Morgan fingerprint density at radius 1 is 1.30 bits per heavy atom. The molecule has 0 bridgehead atoms. The van der Waals surface area contributed by atoms with Crippen LogP contribution in [0, 0.1) is 0 Å². The van der Waals surface area contributed by atoms with Crippen LogP contribution in [0.2, 0.25) is 0 Å². The van der Waals surface area contributed by atoms with Gasteiger partial charge in [-0.05, 0) is 18.6 Å². The second-order valence-corrected chi connectivity index (χ2v) is 4.78. The topological polar surface area (TPSA) is 45.8 Å². The molecule has 0 aliphatic carbocycles. The van der Waals surface area contributed by atoms with E-state index in [1.807, 2.05) is 36.4 Å². The first-order valence-electron chi connectivity index (χ1n) is 6.81. The van der Waals surface area contributed by atoms with E-state index in [2.05, 4.69) is 12.0 Å². The number of furan rings is 1. The lowest BCUT2D eigenvalue weighted by Crippen LogP contribution is -2.31. The van der Waals surface area contributed by atoms with Crippen LogP contribution in [-0.2, 0) is 0 Å². The first kappa shape index (κ1) is 12.7. The monoisotopic (exact) mass is 268 g/mol. The molecule has 1 aromatic carbocycles. The minimum absolute atomic E-state index is 0.146. The highest BCUT2D eigenvalue weighted by Crippen LogP contribution is 2.24. The third-order valence-corrected chi connectivity index (χ3v) is 3.48. The number of carbonyl (C=O) groups is 1. The quantitative estimate of drug-likeness (QED) is 0.854. The summed E-state index contributed by atoms with van der Waals surface area (Å²) in [6.45, 7) is 2.05. The van der Waals surface area contributed by atoms with E-state index in [0.717, 1.165) is 18.4 Å². The smallest absolute Gasteiger partial charge is 0.309 e. The van der Waals surface area contributed by atoms with Crippen molar-refractivity contribution in [1.82, 2.24) is 5.01 Å². The number of rotatable bonds is 3. The Morgan fingerprint density at radius 3 is 2.85 bits per heavy atom. The normalized spacial score (nSPS) is 17.6. The van der Waals surface area contributed by atoms with Crippen LogP contribution in [0.25, 0.3) is 11.3 Å². The maximum Gasteiger partial charge on any atom is 0.309 e. The molecule has 1 amide bonds. The first-order chi connectivity index (χ1) is 9.79. The van der Waals surface area contributed by atoms with E-state index in [4.69, 9.17) is 4.42 Å². The summed E-state index contributed by atoms with van der Waals surface area (Å²) in [5.74, 6) is 0.860. The Kier molecular flexibility index (Phi) is 3.37. The summed E-state index contributed by atoms with van der Waals surface area (Å²) in [5, 5.41) is 5.67. The van der Waals surface area contributed by atoms with Crippen molar-refractivity contribution in [2.24, 2.45) is 5.10 Å². The molecular formula is C16H16N2O2. The molecule has 0 fully saturated rings. The third-order valence-electron chi connectivity index (χ3n) is 3.48. The molecule has 1 aromatic heterocycles. The fourth-order valence-electron chi connectivity index (χ4n) is 2.33. The van der Waals surface area contributed by atoms with E-state index >= 15 is 0 Å². The molecule has 1 unspecified atom stereocenters. The fourth-order valence-corrected chi connectivity index (χ4v) is 2.33. The number of carbonyl (C=O) groups excluding carboxylic acids is 1. The van der Waals surface area contributed by atoms with Gasteiger partial charge in [0.15, 0.2) is 5.76 Å². The number of amides is 1. The molecular weight excluding hydrogens is 252 g/mol. The molecule has 1 aliphatic rings. The molecule has 1 aliphatic heterocycles. The predicted octanol–water partition coefficient (Wildman–Crippen LogP) is 3.56. The maximum atomic E-state index is 12.4. The zero-order valence-electron chi connectivity index (χ0n) is 11.3. The molecule has 4 nitrogen and oxygen atoms in total. The number of benzene rings is 1. The molecule has 4 heteroatoms. The van der Waals surface area contributed by atoms with Gasteiger partial charge in [0.25, 0.3) is 0 Å². The summed E-state index contributed by atoms with van der Waals surface area (Å²) in [6.07, 6.45) is 3.49. The van der Waals surface area contributed by atoms with Crippen LogP contribution in [0.5, 0.6) is 0 Å². The summed E-state index contributed by atoms with van der Waals surface area (Å²) >= 11 is 0. The van der Waals surface area contributed by atoms with E-state index in [-0.39, 0.29) is 11.9 Å². The second-order valence-electron chi connectivity index (χ2n) is 4.78. The summed E-state index contributed by atoms with van der Waals surface area (Å²) < 4.78 is 5.67. The molecule has 0 spiro atoms. The minimum Gasteiger partial charge on any atom is -0.451 e. The van der Waals surface area contributed by atoms with Crippen LogP contribution in [-0.4, -0.2) is 23.2 Å². The summed E-state index contributed by atoms with van der Waals surface area (Å²) in [5.41, 5.74) is 0.962.